The number of benzene rings is 2. The summed E-state index contributed by atoms with van der Waals surface area (Å²) >= 11 is 1.49. The van der Waals surface area contributed by atoms with Gasteiger partial charge in [-0.25, -0.2) is 4.79 Å². The first kappa shape index (κ1) is 16.6. The third-order valence-corrected chi connectivity index (χ3v) is 5.39. The molecule has 0 aliphatic carbocycles. The Morgan fingerprint density at radius 1 is 1.12 bits per heavy atom. The van der Waals surface area contributed by atoms with Gasteiger partial charge in [0.05, 0.1) is 16.5 Å². The van der Waals surface area contributed by atoms with Crippen molar-refractivity contribution in [1.82, 2.24) is 0 Å². The fourth-order valence-corrected chi connectivity index (χ4v) is 3.50. The lowest BCUT2D eigenvalue weighted by atomic mass is 10.1. The quantitative estimate of drug-likeness (QED) is 0.655. The van der Waals surface area contributed by atoms with Gasteiger partial charge in [0.25, 0.3) is 0 Å². The number of fused-ring (bicyclic) bond motifs is 1. The second-order valence-corrected chi connectivity index (χ2v) is 7.39. The van der Waals surface area contributed by atoms with Crippen LogP contribution in [0.1, 0.15) is 34.0 Å². The number of nitrogens with one attached hydrogen (secondary N) is 1. The van der Waals surface area contributed by atoms with E-state index in [-0.39, 0.29) is 11.2 Å². The highest BCUT2D eigenvalue weighted by atomic mass is 32.2. The van der Waals surface area contributed by atoms with Gasteiger partial charge in [0, 0.05) is 4.90 Å². The lowest BCUT2D eigenvalue weighted by Crippen LogP contribution is -2.26. The van der Waals surface area contributed by atoms with E-state index in [1.165, 1.54) is 11.8 Å². The fourth-order valence-electron chi connectivity index (χ4n) is 2.57. The van der Waals surface area contributed by atoms with Crippen LogP contribution in [0.15, 0.2) is 35.2 Å². The molecule has 0 fully saturated rings. The van der Waals surface area contributed by atoms with E-state index in [2.05, 4.69) is 5.32 Å². The van der Waals surface area contributed by atoms with Crippen molar-refractivity contribution in [3.05, 3.63) is 52.6 Å². The van der Waals surface area contributed by atoms with Gasteiger partial charge in [0.1, 0.15) is 5.75 Å². The van der Waals surface area contributed by atoms with Gasteiger partial charge in [-0.2, -0.15) is 0 Å². The Labute approximate surface area is 145 Å². The molecule has 2 aromatic rings. The van der Waals surface area contributed by atoms with E-state index < -0.39 is 5.97 Å². The Bertz CT molecular complexity index is 845. The monoisotopic (exact) mass is 341 g/mol. The molecule has 0 bridgehead atoms. The minimum Gasteiger partial charge on any atom is -0.422 e. The first-order valence-electron chi connectivity index (χ1n) is 7.77. The summed E-state index contributed by atoms with van der Waals surface area (Å²) in [6, 6.07) is 9.21. The average Bonchev–Trinajstić information content (AvgIpc) is 2.55. The summed E-state index contributed by atoms with van der Waals surface area (Å²) in [6.07, 6.45) is 0. The summed E-state index contributed by atoms with van der Waals surface area (Å²) in [5, 5.41) is 2.70. The zero-order valence-corrected chi connectivity index (χ0v) is 14.9. The molecule has 4 nitrogen and oxygen atoms in total. The van der Waals surface area contributed by atoms with Crippen LogP contribution < -0.4 is 10.1 Å². The number of aryl methyl sites for hydroxylation is 2. The predicted octanol–water partition coefficient (Wildman–Crippen LogP) is 4.26. The van der Waals surface area contributed by atoms with Crippen LogP contribution in [0.25, 0.3) is 0 Å². The van der Waals surface area contributed by atoms with Crippen molar-refractivity contribution in [3.63, 3.8) is 0 Å². The largest absolute Gasteiger partial charge is 0.422 e. The molecule has 0 radical (unpaired) electrons. The molecule has 0 spiro atoms. The minimum absolute atomic E-state index is 0.0524. The van der Waals surface area contributed by atoms with Gasteiger partial charge in [-0.1, -0.05) is 12.1 Å². The average molecular weight is 341 g/mol. The van der Waals surface area contributed by atoms with E-state index in [9.17, 15) is 9.59 Å². The molecule has 5 heteroatoms. The van der Waals surface area contributed by atoms with Gasteiger partial charge in [-0.3, -0.25) is 4.79 Å². The Kier molecular flexibility index (Phi) is 4.37. The zero-order chi connectivity index (χ0) is 17.4. The molecule has 2 aromatic carbocycles. The molecular formula is C19H19NO3S. The molecule has 124 valence electrons. The van der Waals surface area contributed by atoms with Crippen LogP contribution in [0.3, 0.4) is 0 Å². The van der Waals surface area contributed by atoms with Crippen molar-refractivity contribution in [2.24, 2.45) is 0 Å². The standard InChI is InChI=1S/C19H19NO3S/c1-10-5-6-11(2)17(12(10)3)23-19(22)14-7-8-16-15(9-14)20-18(21)13(4)24-16/h5-9,13H,1-4H3,(H,20,21). The van der Waals surface area contributed by atoms with Crippen molar-refractivity contribution in [2.45, 2.75) is 37.8 Å². The summed E-state index contributed by atoms with van der Waals surface area (Å²) in [7, 11) is 0. The lowest BCUT2D eigenvalue weighted by molar-refractivity contribution is -0.115. The fraction of sp³-hybridized carbons (Fsp3) is 0.263. The number of hydrogen-bond donors (Lipinski definition) is 1. The van der Waals surface area contributed by atoms with Crippen molar-refractivity contribution in [1.29, 1.82) is 0 Å². The maximum Gasteiger partial charge on any atom is 0.343 e. The minimum atomic E-state index is -0.424. The van der Waals surface area contributed by atoms with E-state index in [4.69, 9.17) is 4.74 Å². The van der Waals surface area contributed by atoms with Gasteiger partial charge in [0.2, 0.25) is 5.91 Å². The van der Waals surface area contributed by atoms with Crippen molar-refractivity contribution >= 4 is 29.3 Å². The number of rotatable bonds is 2. The van der Waals surface area contributed by atoms with Crippen LogP contribution in [0.2, 0.25) is 0 Å². The summed E-state index contributed by atoms with van der Waals surface area (Å²) in [5.74, 6) is 0.126. The van der Waals surface area contributed by atoms with E-state index in [1.54, 1.807) is 12.1 Å². The number of hydrogen-bond acceptors (Lipinski definition) is 4. The van der Waals surface area contributed by atoms with Crippen molar-refractivity contribution in [3.8, 4) is 5.75 Å². The normalized spacial score (nSPS) is 16.3. The van der Waals surface area contributed by atoms with Gasteiger partial charge in [-0.05, 0) is 62.6 Å². The smallest absolute Gasteiger partial charge is 0.343 e. The van der Waals surface area contributed by atoms with E-state index in [1.807, 2.05) is 45.9 Å². The molecule has 24 heavy (non-hydrogen) atoms. The molecular weight excluding hydrogens is 322 g/mol. The zero-order valence-electron chi connectivity index (χ0n) is 14.1. The molecule has 1 unspecified atom stereocenters. The van der Waals surface area contributed by atoms with Gasteiger partial charge >= 0.3 is 5.97 Å². The highest BCUT2D eigenvalue weighted by molar-refractivity contribution is 8.00. The Morgan fingerprint density at radius 3 is 2.58 bits per heavy atom. The Hall–Kier alpha value is -2.27. The van der Waals surface area contributed by atoms with Crippen LogP contribution in [-0.4, -0.2) is 17.1 Å². The first-order chi connectivity index (χ1) is 11.4. The van der Waals surface area contributed by atoms with Gasteiger partial charge in [-0.15, -0.1) is 11.8 Å². The van der Waals surface area contributed by atoms with Crippen molar-refractivity contribution in [2.75, 3.05) is 5.32 Å². The second-order valence-electron chi connectivity index (χ2n) is 6.00. The van der Waals surface area contributed by atoms with Crippen LogP contribution in [-0.2, 0) is 4.79 Å². The number of carbonyl (C=O) groups excluding carboxylic acids is 2. The molecule has 1 aliphatic heterocycles. The first-order valence-corrected chi connectivity index (χ1v) is 8.65. The van der Waals surface area contributed by atoms with Crippen molar-refractivity contribution < 1.29 is 14.3 Å². The van der Waals surface area contributed by atoms with E-state index >= 15 is 0 Å². The highest BCUT2D eigenvalue weighted by Gasteiger charge is 2.24. The van der Waals surface area contributed by atoms with E-state index in [0.717, 1.165) is 21.6 Å². The molecule has 1 aliphatic rings. The SMILES string of the molecule is Cc1ccc(C)c(OC(=O)c2ccc3c(c2)NC(=O)C(C)S3)c1C. The van der Waals surface area contributed by atoms with Crippen LogP contribution in [0.4, 0.5) is 5.69 Å². The lowest BCUT2D eigenvalue weighted by Gasteiger charge is -2.21. The molecule has 0 saturated heterocycles. The molecule has 1 N–H and O–H groups in total. The molecule has 3 rings (SSSR count). The number of thioether (sulfide) groups is 1. The third kappa shape index (κ3) is 3.04. The molecule has 1 heterocycles. The van der Waals surface area contributed by atoms with Crippen LogP contribution in [0.5, 0.6) is 5.75 Å². The maximum absolute atomic E-state index is 12.5. The number of amides is 1. The third-order valence-electron chi connectivity index (χ3n) is 4.21. The highest BCUT2D eigenvalue weighted by Crippen LogP contribution is 2.36. The molecule has 1 amide bonds. The second kappa shape index (κ2) is 6.32. The summed E-state index contributed by atoms with van der Waals surface area (Å²) in [4.78, 5) is 25.3. The molecule has 0 saturated carbocycles. The van der Waals surface area contributed by atoms with Crippen LogP contribution in [0, 0.1) is 20.8 Å². The van der Waals surface area contributed by atoms with Crippen LogP contribution >= 0.6 is 11.8 Å². The summed E-state index contributed by atoms with van der Waals surface area (Å²) in [5.41, 5.74) is 4.03. The summed E-state index contributed by atoms with van der Waals surface area (Å²) in [6.45, 7) is 7.70. The topological polar surface area (TPSA) is 55.4 Å². The Balaban J connectivity index is 1.88. The number of ether oxygens (including phenoxy) is 1. The number of carbonyl (C=O) groups is 2. The summed E-state index contributed by atoms with van der Waals surface area (Å²) < 4.78 is 5.62. The number of esters is 1. The molecule has 0 aromatic heterocycles. The maximum atomic E-state index is 12.5. The predicted molar refractivity (Wildman–Crippen MR) is 96.0 cm³/mol. The Morgan fingerprint density at radius 2 is 1.83 bits per heavy atom. The van der Waals surface area contributed by atoms with E-state index in [0.29, 0.717) is 17.0 Å². The van der Waals surface area contributed by atoms with Gasteiger partial charge < -0.3 is 10.1 Å². The van der Waals surface area contributed by atoms with Gasteiger partial charge in [0.15, 0.2) is 0 Å². The molecule has 1 atom stereocenters. The number of anilines is 1.